The lowest BCUT2D eigenvalue weighted by Gasteiger charge is -2.34. The normalized spacial score (nSPS) is 17.8. The maximum atomic E-state index is 13.3. The van der Waals surface area contributed by atoms with Crippen molar-refractivity contribution in [3.05, 3.63) is 47.5 Å². The third-order valence-corrected chi connectivity index (χ3v) is 6.97. The number of amides is 4. The van der Waals surface area contributed by atoms with Gasteiger partial charge < -0.3 is 20.3 Å². The summed E-state index contributed by atoms with van der Waals surface area (Å²) in [6.07, 6.45) is 2.78. The van der Waals surface area contributed by atoms with E-state index in [1.807, 2.05) is 51.1 Å². The molecule has 0 saturated carbocycles. The highest BCUT2D eigenvalue weighted by atomic mass is 32.1. The SMILES string of the molecule is CC(C)(C)OC(=O)N1CCC[C@@H](NC(=O)c2sc3nccc4c3c2NC(=O)N4c2ccccc2)C1. The number of piperidine rings is 1. The van der Waals surface area contributed by atoms with Crippen LogP contribution in [0.5, 0.6) is 0 Å². The van der Waals surface area contributed by atoms with Crippen LogP contribution in [0.4, 0.5) is 26.7 Å². The number of hydrogen-bond acceptors (Lipinski definition) is 6. The number of rotatable bonds is 3. The number of para-hydroxylation sites is 1. The number of carbonyl (C=O) groups excluding carboxylic acids is 3. The smallest absolute Gasteiger partial charge is 0.410 e. The molecule has 0 radical (unpaired) electrons. The molecule has 2 aromatic heterocycles. The van der Waals surface area contributed by atoms with Gasteiger partial charge in [-0.1, -0.05) is 18.2 Å². The van der Waals surface area contributed by atoms with Crippen LogP contribution in [0.3, 0.4) is 0 Å². The van der Waals surface area contributed by atoms with Crippen molar-refractivity contribution in [2.24, 2.45) is 0 Å². The molecule has 0 aliphatic carbocycles. The van der Waals surface area contributed by atoms with Crippen molar-refractivity contribution in [1.82, 2.24) is 15.2 Å². The van der Waals surface area contributed by atoms with Gasteiger partial charge in [-0.3, -0.25) is 9.69 Å². The van der Waals surface area contributed by atoms with E-state index in [2.05, 4.69) is 15.6 Å². The van der Waals surface area contributed by atoms with E-state index in [0.717, 1.165) is 23.9 Å². The lowest BCUT2D eigenvalue weighted by Crippen LogP contribution is -2.50. The first-order valence-electron chi connectivity index (χ1n) is 11.6. The average Bonchev–Trinajstić information content (AvgIpc) is 3.18. The van der Waals surface area contributed by atoms with E-state index in [1.54, 1.807) is 22.1 Å². The van der Waals surface area contributed by atoms with Gasteiger partial charge in [0.1, 0.15) is 15.3 Å². The minimum absolute atomic E-state index is 0.214. The Labute approximate surface area is 207 Å². The molecule has 2 aliphatic heterocycles. The molecule has 9 nitrogen and oxygen atoms in total. The number of carbonyl (C=O) groups is 3. The summed E-state index contributed by atoms with van der Waals surface area (Å²) in [5, 5.41) is 6.69. The van der Waals surface area contributed by atoms with Crippen LogP contribution in [0, 0.1) is 0 Å². The number of thiophene rings is 1. The molecular weight excluding hydrogens is 466 g/mol. The van der Waals surface area contributed by atoms with Crippen LogP contribution in [0.15, 0.2) is 42.6 Å². The van der Waals surface area contributed by atoms with Crippen molar-refractivity contribution in [2.75, 3.05) is 23.3 Å². The van der Waals surface area contributed by atoms with E-state index in [1.165, 1.54) is 11.3 Å². The molecule has 4 amide bonds. The maximum Gasteiger partial charge on any atom is 0.410 e. The number of nitrogens with one attached hydrogen (secondary N) is 2. The van der Waals surface area contributed by atoms with Gasteiger partial charge in [-0.2, -0.15) is 0 Å². The number of pyridine rings is 1. The van der Waals surface area contributed by atoms with Gasteiger partial charge in [-0.25, -0.2) is 14.6 Å². The standard InChI is InChI=1S/C25H27N5O4S/c1-25(2,3)34-24(33)29-13-7-8-15(14-29)27-21(31)20-19-18-17(11-12-26-22(18)35-20)30(23(32)28-19)16-9-5-4-6-10-16/h4-6,9-12,15H,7-8,13-14H2,1-3H3,(H,27,31)(H,28,32)/t15-/m1/s1. The van der Waals surface area contributed by atoms with Crippen molar-refractivity contribution >= 4 is 56.6 Å². The Balaban J connectivity index is 1.40. The zero-order valence-electron chi connectivity index (χ0n) is 19.8. The zero-order chi connectivity index (χ0) is 24.7. The van der Waals surface area contributed by atoms with Gasteiger partial charge in [0.25, 0.3) is 5.91 Å². The lowest BCUT2D eigenvalue weighted by atomic mass is 10.1. The molecule has 1 fully saturated rings. The van der Waals surface area contributed by atoms with Gasteiger partial charge in [0, 0.05) is 25.3 Å². The van der Waals surface area contributed by atoms with Crippen LogP contribution in [0.1, 0.15) is 43.3 Å². The monoisotopic (exact) mass is 493 g/mol. The Morgan fingerprint density at radius 2 is 1.97 bits per heavy atom. The van der Waals surface area contributed by atoms with Crippen LogP contribution >= 0.6 is 11.3 Å². The highest BCUT2D eigenvalue weighted by molar-refractivity contribution is 7.21. The molecule has 1 saturated heterocycles. The van der Waals surface area contributed by atoms with E-state index in [4.69, 9.17) is 4.74 Å². The fourth-order valence-corrected chi connectivity index (χ4v) is 5.44. The summed E-state index contributed by atoms with van der Waals surface area (Å²) in [6, 6.07) is 10.6. The Morgan fingerprint density at radius 3 is 2.71 bits per heavy atom. The first-order valence-corrected chi connectivity index (χ1v) is 12.4. The van der Waals surface area contributed by atoms with Gasteiger partial charge in [0.15, 0.2) is 0 Å². The van der Waals surface area contributed by atoms with Crippen molar-refractivity contribution < 1.29 is 19.1 Å². The van der Waals surface area contributed by atoms with Crippen LogP contribution in [0.25, 0.3) is 10.2 Å². The summed E-state index contributed by atoms with van der Waals surface area (Å²) in [6.45, 7) is 6.45. The molecule has 1 atom stereocenters. The van der Waals surface area contributed by atoms with Crippen LogP contribution in [-0.4, -0.2) is 52.6 Å². The van der Waals surface area contributed by atoms with E-state index < -0.39 is 5.60 Å². The van der Waals surface area contributed by atoms with Crippen molar-refractivity contribution in [2.45, 2.75) is 45.3 Å². The predicted octanol–water partition coefficient (Wildman–Crippen LogP) is 5.11. The maximum absolute atomic E-state index is 13.3. The zero-order valence-corrected chi connectivity index (χ0v) is 20.6. The van der Waals surface area contributed by atoms with Gasteiger partial charge in [-0.05, 0) is 51.8 Å². The summed E-state index contributed by atoms with van der Waals surface area (Å²) in [5.41, 5.74) is 1.31. The fraction of sp³-hybridized carbons (Fsp3) is 0.360. The van der Waals surface area contributed by atoms with Crippen molar-refractivity contribution in [1.29, 1.82) is 0 Å². The molecule has 4 heterocycles. The van der Waals surface area contributed by atoms with Crippen LogP contribution in [0.2, 0.25) is 0 Å². The van der Waals surface area contributed by atoms with E-state index in [9.17, 15) is 14.4 Å². The molecule has 35 heavy (non-hydrogen) atoms. The van der Waals surface area contributed by atoms with E-state index in [-0.39, 0.29) is 24.1 Å². The molecule has 0 spiro atoms. The fourth-order valence-electron chi connectivity index (χ4n) is 4.42. The Bertz CT molecular complexity index is 1300. The third kappa shape index (κ3) is 4.53. The summed E-state index contributed by atoms with van der Waals surface area (Å²) in [7, 11) is 0. The number of anilines is 3. The summed E-state index contributed by atoms with van der Waals surface area (Å²) in [4.78, 5) is 47.7. The largest absolute Gasteiger partial charge is 0.444 e. The molecule has 1 aromatic carbocycles. The Kier molecular flexibility index (Phi) is 5.84. The molecular formula is C25H27N5O4S. The quantitative estimate of drug-likeness (QED) is 0.528. The number of likely N-dealkylation sites (tertiary alicyclic amines) is 1. The van der Waals surface area contributed by atoms with Gasteiger partial charge in [0.2, 0.25) is 0 Å². The molecule has 182 valence electrons. The first kappa shape index (κ1) is 23.1. The molecule has 0 unspecified atom stereocenters. The number of ether oxygens (including phenoxy) is 1. The summed E-state index contributed by atoms with van der Waals surface area (Å²) in [5.74, 6) is -0.293. The van der Waals surface area contributed by atoms with Crippen LogP contribution in [-0.2, 0) is 4.74 Å². The minimum Gasteiger partial charge on any atom is -0.444 e. The molecule has 0 bridgehead atoms. The minimum atomic E-state index is -0.580. The topological polar surface area (TPSA) is 104 Å². The molecule has 3 aromatic rings. The molecule has 2 aliphatic rings. The molecule has 5 rings (SSSR count). The number of hydrogen-bond donors (Lipinski definition) is 2. The Morgan fingerprint density at radius 1 is 1.20 bits per heavy atom. The molecule has 10 heteroatoms. The highest BCUT2D eigenvalue weighted by Crippen LogP contribution is 2.45. The number of benzene rings is 1. The van der Waals surface area contributed by atoms with E-state index in [0.29, 0.717) is 34.2 Å². The number of aromatic nitrogens is 1. The molecule has 2 N–H and O–H groups in total. The Hall–Kier alpha value is -3.66. The van der Waals surface area contributed by atoms with Crippen LogP contribution < -0.4 is 15.5 Å². The number of nitrogens with zero attached hydrogens (tertiary/aromatic N) is 3. The van der Waals surface area contributed by atoms with Crippen molar-refractivity contribution in [3.8, 4) is 0 Å². The second-order valence-corrected chi connectivity index (χ2v) is 10.7. The first-order chi connectivity index (χ1) is 16.7. The van der Waals surface area contributed by atoms with Gasteiger partial charge >= 0.3 is 12.1 Å². The highest BCUT2D eigenvalue weighted by Gasteiger charge is 2.34. The number of urea groups is 1. The van der Waals surface area contributed by atoms with Crippen molar-refractivity contribution in [3.63, 3.8) is 0 Å². The van der Waals surface area contributed by atoms with Gasteiger partial charge in [0.05, 0.1) is 22.4 Å². The lowest BCUT2D eigenvalue weighted by molar-refractivity contribution is 0.0185. The summed E-state index contributed by atoms with van der Waals surface area (Å²) >= 11 is 1.24. The predicted molar refractivity (Wildman–Crippen MR) is 136 cm³/mol. The average molecular weight is 494 g/mol. The third-order valence-electron chi connectivity index (χ3n) is 5.87. The summed E-state index contributed by atoms with van der Waals surface area (Å²) < 4.78 is 5.49. The second kappa shape index (κ2) is 8.84. The second-order valence-electron chi connectivity index (χ2n) is 9.66. The van der Waals surface area contributed by atoms with E-state index >= 15 is 0 Å². The van der Waals surface area contributed by atoms with Gasteiger partial charge in [-0.15, -0.1) is 11.3 Å².